The Hall–Kier alpha value is -2.72. The summed E-state index contributed by atoms with van der Waals surface area (Å²) in [6.07, 6.45) is 0.148. The third-order valence-corrected chi connectivity index (χ3v) is 10.5. The van der Waals surface area contributed by atoms with Crippen molar-refractivity contribution < 1.29 is 34.9 Å². The topological polar surface area (TPSA) is 153 Å². The molecular formula is C26H30Cl2N6O8S2. The third-order valence-electron chi connectivity index (χ3n) is 7.48. The van der Waals surface area contributed by atoms with Crippen LogP contribution in [0.15, 0.2) is 41.3 Å². The van der Waals surface area contributed by atoms with E-state index in [4.69, 9.17) is 36.5 Å². The van der Waals surface area contributed by atoms with Crippen LogP contribution in [-0.2, 0) is 29.0 Å². The lowest BCUT2D eigenvalue weighted by Crippen LogP contribution is -2.58. The van der Waals surface area contributed by atoms with E-state index in [1.54, 1.807) is 0 Å². The number of nitriles is 1. The Balaban J connectivity index is 1.28. The molecule has 3 fully saturated rings. The molecule has 2 aromatic carbocycles. The average molecular weight is 690 g/mol. The van der Waals surface area contributed by atoms with Crippen molar-refractivity contribution in [3.8, 4) is 17.6 Å². The number of likely N-dealkylation sites (N-methyl/N-ethyl adjacent to an activating group) is 1. The molecular weight excluding hydrogens is 659 g/mol. The molecule has 3 aliphatic heterocycles. The molecule has 3 aliphatic rings. The number of nitrogens with zero attached hydrogens (tertiary/aromatic N) is 6. The predicted molar refractivity (Wildman–Crippen MR) is 158 cm³/mol. The summed E-state index contributed by atoms with van der Waals surface area (Å²) in [6, 6.07) is 8.84. The van der Waals surface area contributed by atoms with Crippen molar-refractivity contribution in [3.05, 3.63) is 52.0 Å². The molecule has 3 heterocycles. The number of piperidine rings is 1. The van der Waals surface area contributed by atoms with Crippen molar-refractivity contribution in [3.63, 3.8) is 0 Å². The van der Waals surface area contributed by atoms with E-state index in [0.717, 1.165) is 36.3 Å². The Bertz CT molecular complexity index is 1640. The quantitative estimate of drug-likeness (QED) is 0.402. The fraction of sp³-hybridized carbons (Fsp3) is 0.462. The van der Waals surface area contributed by atoms with Gasteiger partial charge in [-0.05, 0) is 56.3 Å². The zero-order chi connectivity index (χ0) is 31.6. The van der Waals surface area contributed by atoms with Crippen LogP contribution in [-0.4, -0.2) is 113 Å². The highest BCUT2D eigenvalue weighted by atomic mass is 35.5. The summed E-state index contributed by atoms with van der Waals surface area (Å²) in [4.78, 5) is 17.2. The average Bonchev–Trinajstić information content (AvgIpc) is 2.98. The van der Waals surface area contributed by atoms with E-state index >= 15 is 0 Å². The largest absolute Gasteiger partial charge is 0.456 e. The van der Waals surface area contributed by atoms with Gasteiger partial charge in [0.05, 0.1) is 24.2 Å². The summed E-state index contributed by atoms with van der Waals surface area (Å²) < 4.78 is 69.2. The summed E-state index contributed by atoms with van der Waals surface area (Å²) in [5, 5.41) is 11.5. The summed E-state index contributed by atoms with van der Waals surface area (Å²) in [7, 11) is -6.75. The normalized spacial score (nSPS) is 20.9. The number of carbonyl (C=O) groups is 1. The van der Waals surface area contributed by atoms with Crippen LogP contribution in [0.2, 0.25) is 10.0 Å². The van der Waals surface area contributed by atoms with E-state index in [1.165, 1.54) is 40.7 Å². The maximum Gasteiger partial charge on any atom is 0.442 e. The number of piperazine rings is 1. The SMILES string of the molecule is CN1CCN(CCN2OS(=O)(=O)ON(C3CCN(S(=O)(=O)c4cc(C#N)ccc4Oc4cc(Cl)cc(Cl)c4)CC3)C2=O)CC1. The van der Waals surface area contributed by atoms with Gasteiger partial charge in [0.15, 0.2) is 0 Å². The number of hydroxylamine groups is 4. The van der Waals surface area contributed by atoms with E-state index in [0.29, 0.717) is 6.54 Å². The molecule has 0 aliphatic carbocycles. The van der Waals surface area contributed by atoms with Crippen LogP contribution in [0.25, 0.3) is 0 Å². The summed E-state index contributed by atoms with van der Waals surface area (Å²) in [5.74, 6) is 0.155. The number of halogens is 2. The van der Waals surface area contributed by atoms with Crippen LogP contribution >= 0.6 is 23.2 Å². The zero-order valence-electron chi connectivity index (χ0n) is 23.6. The number of urea groups is 1. The maximum atomic E-state index is 13.8. The number of rotatable bonds is 8. The van der Waals surface area contributed by atoms with Crippen molar-refractivity contribution in [2.75, 3.05) is 59.4 Å². The summed E-state index contributed by atoms with van der Waals surface area (Å²) >= 11 is 12.1. The summed E-state index contributed by atoms with van der Waals surface area (Å²) in [6.45, 7) is 3.53. The molecule has 2 aromatic rings. The second-order valence-corrected chi connectivity index (χ2v) is 14.4. The molecule has 0 spiro atoms. The van der Waals surface area contributed by atoms with Gasteiger partial charge < -0.3 is 9.64 Å². The molecule has 0 aromatic heterocycles. The highest BCUT2D eigenvalue weighted by molar-refractivity contribution is 7.89. The van der Waals surface area contributed by atoms with Gasteiger partial charge in [-0.3, -0.25) is 4.90 Å². The van der Waals surface area contributed by atoms with Crippen molar-refractivity contribution in [2.24, 2.45) is 0 Å². The number of sulfonamides is 1. The molecule has 0 saturated carbocycles. The number of ether oxygens (including phenoxy) is 1. The molecule has 0 unspecified atom stereocenters. The monoisotopic (exact) mass is 688 g/mol. The third kappa shape index (κ3) is 7.56. The molecule has 3 saturated heterocycles. The highest BCUT2D eigenvalue weighted by Gasteiger charge is 2.44. The number of carbonyl (C=O) groups excluding carboxylic acids is 1. The molecule has 0 bridgehead atoms. The van der Waals surface area contributed by atoms with Crippen LogP contribution in [0, 0.1) is 11.3 Å². The zero-order valence-corrected chi connectivity index (χ0v) is 26.8. The number of hydrogen-bond donors (Lipinski definition) is 0. The lowest BCUT2D eigenvalue weighted by atomic mass is 10.1. The standard InChI is InChI=1S/C26H30Cl2N6O8S2/c1-30-8-10-31(11-9-30)12-13-33-26(35)34(42-44(38,39)41-33)22-4-6-32(7-5-22)43(36,37)25-14-19(18-29)2-3-24(25)40-23-16-20(27)15-21(28)17-23/h2-3,14-17,22H,4-13H2,1H3. The first-order chi connectivity index (χ1) is 20.8. The Morgan fingerprint density at radius 3 is 2.27 bits per heavy atom. The number of amides is 2. The first-order valence-electron chi connectivity index (χ1n) is 13.7. The highest BCUT2D eigenvalue weighted by Crippen LogP contribution is 2.35. The van der Waals surface area contributed by atoms with Gasteiger partial charge in [0.25, 0.3) is 0 Å². The maximum absolute atomic E-state index is 13.8. The molecule has 5 rings (SSSR count). The van der Waals surface area contributed by atoms with Crippen molar-refractivity contribution >= 4 is 49.7 Å². The van der Waals surface area contributed by atoms with Gasteiger partial charge in [-0.1, -0.05) is 23.2 Å². The number of benzene rings is 2. The van der Waals surface area contributed by atoms with E-state index in [2.05, 4.69) is 9.80 Å². The van der Waals surface area contributed by atoms with Crippen LogP contribution in [0.5, 0.6) is 11.5 Å². The van der Waals surface area contributed by atoms with Gasteiger partial charge in [-0.25, -0.2) is 13.2 Å². The van der Waals surface area contributed by atoms with E-state index < -0.39 is 32.5 Å². The van der Waals surface area contributed by atoms with E-state index in [1.807, 2.05) is 13.1 Å². The van der Waals surface area contributed by atoms with Crippen molar-refractivity contribution in [1.82, 2.24) is 24.2 Å². The van der Waals surface area contributed by atoms with Gasteiger partial charge in [-0.2, -0.15) is 28.1 Å². The van der Waals surface area contributed by atoms with Gasteiger partial charge in [0.1, 0.15) is 16.4 Å². The van der Waals surface area contributed by atoms with Gasteiger partial charge in [0.2, 0.25) is 10.0 Å². The minimum absolute atomic E-state index is 0.00467. The Labute approximate surface area is 266 Å². The van der Waals surface area contributed by atoms with Gasteiger partial charge in [0, 0.05) is 55.9 Å². The predicted octanol–water partition coefficient (Wildman–Crippen LogP) is 2.90. The molecule has 18 heteroatoms. The van der Waals surface area contributed by atoms with E-state index in [-0.39, 0.29) is 64.5 Å². The number of hydrogen-bond acceptors (Lipinski definition) is 11. The molecule has 238 valence electrons. The lowest BCUT2D eigenvalue weighted by molar-refractivity contribution is -0.161. The van der Waals surface area contributed by atoms with Crippen molar-refractivity contribution in [1.29, 1.82) is 5.26 Å². The smallest absolute Gasteiger partial charge is 0.442 e. The minimum atomic E-state index is -4.55. The van der Waals surface area contributed by atoms with Crippen LogP contribution in [0.4, 0.5) is 4.79 Å². The first kappa shape index (κ1) is 32.7. The van der Waals surface area contributed by atoms with Crippen molar-refractivity contribution in [2.45, 2.75) is 23.8 Å². The molecule has 2 amide bonds. The second-order valence-electron chi connectivity index (χ2n) is 10.5. The molecule has 14 nitrogen and oxygen atoms in total. The first-order valence-corrected chi connectivity index (χ1v) is 17.2. The van der Waals surface area contributed by atoms with Crippen LogP contribution < -0.4 is 4.74 Å². The Morgan fingerprint density at radius 2 is 1.64 bits per heavy atom. The Morgan fingerprint density at radius 1 is 0.977 bits per heavy atom. The molecule has 0 N–H and O–H groups in total. The van der Waals surface area contributed by atoms with Crippen LogP contribution in [0.3, 0.4) is 0 Å². The van der Waals surface area contributed by atoms with Gasteiger partial charge in [-0.15, -0.1) is 8.57 Å². The van der Waals surface area contributed by atoms with Crippen LogP contribution in [0.1, 0.15) is 18.4 Å². The van der Waals surface area contributed by atoms with E-state index in [9.17, 15) is 26.9 Å². The minimum Gasteiger partial charge on any atom is -0.456 e. The Kier molecular flexibility index (Phi) is 9.90. The summed E-state index contributed by atoms with van der Waals surface area (Å²) in [5.41, 5.74) is 0.101. The second kappa shape index (κ2) is 13.3. The fourth-order valence-electron chi connectivity index (χ4n) is 5.08. The molecule has 0 radical (unpaired) electrons. The lowest BCUT2D eigenvalue weighted by Gasteiger charge is -2.40. The molecule has 44 heavy (non-hydrogen) atoms. The fourth-order valence-corrected chi connectivity index (χ4v) is 7.97. The van der Waals surface area contributed by atoms with Gasteiger partial charge >= 0.3 is 16.4 Å². The molecule has 0 atom stereocenters.